The second kappa shape index (κ2) is 8.72. The van der Waals surface area contributed by atoms with Crippen LogP contribution in [0.2, 0.25) is 5.02 Å². The van der Waals surface area contributed by atoms with Gasteiger partial charge in [0, 0.05) is 23.7 Å². The van der Waals surface area contributed by atoms with Crippen molar-refractivity contribution in [1.29, 1.82) is 0 Å². The van der Waals surface area contributed by atoms with E-state index in [4.69, 9.17) is 22.3 Å². The van der Waals surface area contributed by atoms with Gasteiger partial charge in [-0.2, -0.15) is 4.98 Å². The lowest BCUT2D eigenvalue weighted by Gasteiger charge is -2.15. The van der Waals surface area contributed by atoms with Crippen molar-refractivity contribution in [1.82, 2.24) is 24.6 Å². The van der Waals surface area contributed by atoms with E-state index in [9.17, 15) is 4.39 Å². The van der Waals surface area contributed by atoms with Crippen LogP contribution in [0.4, 0.5) is 16.2 Å². The molecule has 7 nitrogen and oxygen atoms in total. The van der Waals surface area contributed by atoms with Crippen LogP contribution >= 0.6 is 11.6 Å². The number of hydrogen-bond donors (Lipinski definition) is 2. The van der Waals surface area contributed by atoms with Gasteiger partial charge in [0.2, 0.25) is 5.95 Å². The zero-order valence-corrected chi connectivity index (χ0v) is 18.2. The summed E-state index contributed by atoms with van der Waals surface area (Å²) < 4.78 is 15.3. The maximum atomic E-state index is 13.8. The first-order valence-corrected chi connectivity index (χ1v) is 11.0. The molecule has 2 aromatic carbocycles. The summed E-state index contributed by atoms with van der Waals surface area (Å²) in [6, 6.07) is 13.5. The second-order valence-electron chi connectivity index (χ2n) is 7.85. The zero-order valence-electron chi connectivity index (χ0n) is 17.4. The van der Waals surface area contributed by atoms with Crippen molar-refractivity contribution in [2.75, 3.05) is 37.2 Å². The van der Waals surface area contributed by atoms with E-state index >= 15 is 0 Å². The van der Waals surface area contributed by atoms with Gasteiger partial charge in [0.1, 0.15) is 11.6 Å². The topological polar surface area (TPSA) is 84.9 Å². The van der Waals surface area contributed by atoms with Crippen LogP contribution in [-0.2, 0) is 0 Å². The third kappa shape index (κ3) is 4.11. The van der Waals surface area contributed by atoms with E-state index < -0.39 is 0 Å². The smallest absolute Gasteiger partial charge is 0.225 e. The number of fused-ring (bicyclic) bond motifs is 1. The molecule has 0 radical (unpaired) electrons. The van der Waals surface area contributed by atoms with Gasteiger partial charge >= 0.3 is 0 Å². The molecule has 1 aliphatic heterocycles. The highest BCUT2D eigenvalue weighted by Crippen LogP contribution is 2.33. The first-order valence-electron chi connectivity index (χ1n) is 10.6. The molecule has 164 valence electrons. The fraction of sp³-hybridized carbons (Fsp3) is 0.261. The lowest BCUT2D eigenvalue weighted by Crippen LogP contribution is -2.26. The van der Waals surface area contributed by atoms with Gasteiger partial charge in [0.05, 0.1) is 16.8 Å². The van der Waals surface area contributed by atoms with Gasteiger partial charge in [-0.15, -0.1) is 5.10 Å². The average Bonchev–Trinajstić information content (AvgIpc) is 3.42. The van der Waals surface area contributed by atoms with Crippen LogP contribution in [0.1, 0.15) is 12.8 Å². The van der Waals surface area contributed by atoms with Crippen molar-refractivity contribution >= 4 is 34.4 Å². The van der Waals surface area contributed by atoms with Crippen LogP contribution in [0, 0.1) is 5.82 Å². The average molecular weight is 452 g/mol. The Morgan fingerprint density at radius 1 is 1.06 bits per heavy atom. The number of benzene rings is 2. The van der Waals surface area contributed by atoms with Crippen LogP contribution < -0.4 is 11.1 Å². The first kappa shape index (κ1) is 20.7. The lowest BCUT2D eigenvalue weighted by molar-refractivity contribution is 0.352. The maximum Gasteiger partial charge on any atom is 0.225 e. The van der Waals surface area contributed by atoms with E-state index in [1.54, 1.807) is 24.3 Å². The summed E-state index contributed by atoms with van der Waals surface area (Å²) in [5.41, 5.74) is 8.92. The van der Waals surface area contributed by atoms with Crippen LogP contribution in [-0.4, -0.2) is 50.8 Å². The molecule has 0 saturated carbocycles. The van der Waals surface area contributed by atoms with Crippen LogP contribution in [0.25, 0.3) is 28.0 Å². The van der Waals surface area contributed by atoms with Gasteiger partial charge in [-0.1, -0.05) is 29.8 Å². The van der Waals surface area contributed by atoms with Gasteiger partial charge in [-0.3, -0.25) is 0 Å². The summed E-state index contributed by atoms with van der Waals surface area (Å²) in [4.78, 5) is 11.8. The zero-order chi connectivity index (χ0) is 22.1. The Labute approximate surface area is 190 Å². The van der Waals surface area contributed by atoms with Crippen molar-refractivity contribution < 1.29 is 4.39 Å². The fourth-order valence-corrected chi connectivity index (χ4v) is 4.17. The summed E-state index contributed by atoms with van der Waals surface area (Å²) in [7, 11) is 0. The Bertz CT molecular complexity index is 1250. The van der Waals surface area contributed by atoms with Crippen molar-refractivity contribution in [3.8, 4) is 16.9 Å². The van der Waals surface area contributed by atoms with E-state index in [0.717, 1.165) is 31.7 Å². The molecule has 0 aliphatic carbocycles. The van der Waals surface area contributed by atoms with Gasteiger partial charge in [-0.05, 0) is 56.3 Å². The number of rotatable bonds is 6. The van der Waals surface area contributed by atoms with Gasteiger partial charge in [0.25, 0.3) is 0 Å². The molecule has 2 aromatic heterocycles. The minimum atomic E-state index is -0.366. The molecule has 1 fully saturated rings. The molecule has 1 aliphatic rings. The number of nitrogen functional groups attached to an aromatic ring is 1. The minimum absolute atomic E-state index is 0.346. The second-order valence-corrected chi connectivity index (χ2v) is 8.29. The Morgan fingerprint density at radius 3 is 2.59 bits per heavy atom. The molecule has 32 heavy (non-hydrogen) atoms. The molecule has 5 rings (SSSR count). The summed E-state index contributed by atoms with van der Waals surface area (Å²) in [6.45, 7) is 3.92. The number of halogens is 2. The molecule has 3 N–H and O–H groups in total. The van der Waals surface area contributed by atoms with Crippen molar-refractivity contribution in [2.45, 2.75) is 12.8 Å². The maximum absolute atomic E-state index is 13.8. The Kier molecular flexibility index (Phi) is 5.63. The molecule has 9 heteroatoms. The third-order valence-corrected chi connectivity index (χ3v) is 5.90. The minimum Gasteiger partial charge on any atom is -0.383 e. The predicted octanol–water partition coefficient (Wildman–Crippen LogP) is 4.36. The van der Waals surface area contributed by atoms with Crippen molar-refractivity contribution in [3.63, 3.8) is 0 Å². The van der Waals surface area contributed by atoms with E-state index in [2.05, 4.69) is 20.3 Å². The highest BCUT2D eigenvalue weighted by molar-refractivity contribution is 6.30. The Hall–Kier alpha value is -3.23. The number of aromatic nitrogens is 4. The summed E-state index contributed by atoms with van der Waals surface area (Å²) in [5, 5.41) is 9.14. The molecule has 0 unspecified atom stereocenters. The van der Waals surface area contributed by atoms with E-state index in [1.165, 1.54) is 29.7 Å². The number of hydrogen-bond acceptors (Lipinski definition) is 6. The Morgan fingerprint density at radius 2 is 1.84 bits per heavy atom. The highest BCUT2D eigenvalue weighted by atomic mass is 35.5. The largest absolute Gasteiger partial charge is 0.383 e. The Balaban J connectivity index is 1.57. The third-order valence-electron chi connectivity index (χ3n) is 5.65. The monoisotopic (exact) mass is 451 g/mol. The summed E-state index contributed by atoms with van der Waals surface area (Å²) in [6.07, 6.45) is 2.50. The normalized spacial score (nSPS) is 14.3. The molecular weight excluding hydrogens is 429 g/mol. The fourth-order valence-electron chi connectivity index (χ4n) is 4.04. The molecule has 0 bridgehead atoms. The molecule has 0 amide bonds. The van der Waals surface area contributed by atoms with Crippen LogP contribution in [0.3, 0.4) is 0 Å². The van der Waals surface area contributed by atoms with E-state index in [-0.39, 0.29) is 5.82 Å². The number of nitrogens with one attached hydrogen (secondary N) is 1. The first-order chi connectivity index (χ1) is 15.6. The molecular formula is C23H23ClFN7. The summed E-state index contributed by atoms with van der Waals surface area (Å²) in [5.74, 6) is 0.458. The highest BCUT2D eigenvalue weighted by Gasteiger charge is 2.20. The van der Waals surface area contributed by atoms with Crippen molar-refractivity contribution in [3.05, 3.63) is 59.4 Å². The van der Waals surface area contributed by atoms with Crippen molar-refractivity contribution in [2.24, 2.45) is 0 Å². The number of likely N-dealkylation sites (tertiary alicyclic amines) is 1. The number of anilines is 2. The molecule has 0 atom stereocenters. The SMILES string of the molecule is Nc1c2c(-c3ccc(Cl)cc3)nc(NCCN3CCCC3)nc2nn1-c1cccc(F)c1. The lowest BCUT2D eigenvalue weighted by atomic mass is 10.1. The molecule has 3 heterocycles. The number of nitrogens with zero attached hydrogens (tertiary/aromatic N) is 5. The predicted molar refractivity (Wildman–Crippen MR) is 126 cm³/mol. The standard InChI is InChI=1S/C23H23ClFN7/c24-16-8-6-15(7-9-16)20-19-21(26)32(18-5-3-4-17(25)14-18)30-22(19)29-23(28-20)27-10-13-31-11-1-2-12-31/h3-9,14H,1-2,10-13,26H2,(H,27,29,30). The van der Waals surface area contributed by atoms with Gasteiger partial charge in [0.15, 0.2) is 5.65 Å². The van der Waals surface area contributed by atoms with E-state index in [0.29, 0.717) is 39.2 Å². The van der Waals surface area contributed by atoms with Gasteiger partial charge < -0.3 is 16.0 Å². The van der Waals surface area contributed by atoms with E-state index in [1.807, 2.05) is 12.1 Å². The quantitative estimate of drug-likeness (QED) is 0.453. The van der Waals surface area contributed by atoms with Crippen LogP contribution in [0.5, 0.6) is 0 Å². The van der Waals surface area contributed by atoms with Gasteiger partial charge in [-0.25, -0.2) is 14.1 Å². The molecule has 4 aromatic rings. The molecule has 0 spiro atoms. The number of nitrogens with two attached hydrogens (primary N) is 1. The summed E-state index contributed by atoms with van der Waals surface area (Å²) >= 11 is 6.08. The van der Waals surface area contributed by atoms with Crippen LogP contribution in [0.15, 0.2) is 48.5 Å². The molecule has 1 saturated heterocycles.